The highest BCUT2D eigenvalue weighted by Crippen LogP contribution is 2.16. The number of hydrogen-bond acceptors (Lipinski definition) is 3. The predicted molar refractivity (Wildman–Crippen MR) is 82.0 cm³/mol. The summed E-state index contributed by atoms with van der Waals surface area (Å²) in [5.74, 6) is 0.471. The van der Waals surface area contributed by atoms with Crippen molar-refractivity contribution in [2.75, 3.05) is 26.2 Å². The Kier molecular flexibility index (Phi) is 5.85. The van der Waals surface area contributed by atoms with Gasteiger partial charge in [-0.3, -0.25) is 4.79 Å². The molecule has 0 aromatic heterocycles. The number of piperidine rings is 1. The Morgan fingerprint density at radius 1 is 1.29 bits per heavy atom. The highest BCUT2D eigenvalue weighted by atomic mass is 16.2. The molecule has 3 N–H and O–H groups in total. The van der Waals surface area contributed by atoms with Crippen molar-refractivity contribution < 1.29 is 9.59 Å². The van der Waals surface area contributed by atoms with Crippen LogP contribution in [0.4, 0.5) is 4.79 Å². The van der Waals surface area contributed by atoms with E-state index in [0.29, 0.717) is 12.5 Å². The minimum Gasteiger partial charge on any atom is -0.354 e. The lowest BCUT2D eigenvalue weighted by molar-refractivity contribution is -0.123. The lowest BCUT2D eigenvalue weighted by Crippen LogP contribution is -2.50. The number of likely N-dealkylation sites (tertiary alicyclic amines) is 1. The van der Waals surface area contributed by atoms with E-state index in [1.54, 1.807) is 0 Å². The first-order chi connectivity index (χ1) is 10.1. The van der Waals surface area contributed by atoms with Gasteiger partial charge in [0.15, 0.2) is 0 Å². The first kappa shape index (κ1) is 16.1. The van der Waals surface area contributed by atoms with Gasteiger partial charge in [-0.1, -0.05) is 0 Å². The van der Waals surface area contributed by atoms with Crippen LogP contribution in [0.5, 0.6) is 0 Å². The minimum atomic E-state index is -0.0195. The van der Waals surface area contributed by atoms with Gasteiger partial charge in [-0.15, -0.1) is 0 Å². The molecule has 2 rings (SSSR count). The number of nitrogens with one attached hydrogen (secondary N) is 3. The van der Waals surface area contributed by atoms with E-state index in [4.69, 9.17) is 0 Å². The Labute approximate surface area is 127 Å². The van der Waals surface area contributed by atoms with Crippen LogP contribution in [-0.2, 0) is 4.79 Å². The van der Waals surface area contributed by atoms with Gasteiger partial charge in [-0.25, -0.2) is 4.79 Å². The topological polar surface area (TPSA) is 73.5 Å². The third-order valence-corrected chi connectivity index (χ3v) is 4.16. The number of carbonyl (C=O) groups excluding carboxylic acids is 2. The van der Waals surface area contributed by atoms with E-state index in [1.807, 2.05) is 18.7 Å². The van der Waals surface area contributed by atoms with Crippen molar-refractivity contribution in [3.05, 3.63) is 0 Å². The fourth-order valence-corrected chi connectivity index (χ4v) is 3.03. The van der Waals surface area contributed by atoms with Crippen molar-refractivity contribution >= 4 is 11.9 Å². The number of hydrogen-bond donors (Lipinski definition) is 3. The molecule has 0 aromatic carbocycles. The molecule has 120 valence electrons. The van der Waals surface area contributed by atoms with Crippen molar-refractivity contribution in [3.8, 4) is 0 Å². The first-order valence-corrected chi connectivity index (χ1v) is 8.13. The summed E-state index contributed by atoms with van der Waals surface area (Å²) in [7, 11) is 0. The highest BCUT2D eigenvalue weighted by Gasteiger charge is 2.26. The van der Waals surface area contributed by atoms with Gasteiger partial charge in [0.1, 0.15) is 0 Å². The number of amides is 3. The summed E-state index contributed by atoms with van der Waals surface area (Å²) in [6.45, 7) is 7.08. The second-order valence-corrected chi connectivity index (χ2v) is 6.45. The lowest BCUT2D eigenvalue weighted by Gasteiger charge is -2.33. The molecule has 21 heavy (non-hydrogen) atoms. The Hall–Kier alpha value is -1.30. The van der Waals surface area contributed by atoms with Crippen molar-refractivity contribution in [1.82, 2.24) is 20.9 Å². The molecule has 0 aliphatic carbocycles. The van der Waals surface area contributed by atoms with Gasteiger partial charge in [0.25, 0.3) is 0 Å². The van der Waals surface area contributed by atoms with E-state index in [2.05, 4.69) is 16.0 Å². The number of nitrogens with zero attached hydrogens (tertiary/aromatic N) is 1. The maximum atomic E-state index is 12.0. The summed E-state index contributed by atoms with van der Waals surface area (Å²) in [6, 6.07) is 0.151. The monoisotopic (exact) mass is 296 g/mol. The van der Waals surface area contributed by atoms with Crippen molar-refractivity contribution in [2.45, 2.75) is 51.6 Å². The van der Waals surface area contributed by atoms with Crippen molar-refractivity contribution in [1.29, 1.82) is 0 Å². The number of carbonyl (C=O) groups is 2. The average molecular weight is 296 g/mol. The van der Waals surface area contributed by atoms with E-state index < -0.39 is 0 Å². The third-order valence-electron chi connectivity index (χ3n) is 4.16. The van der Waals surface area contributed by atoms with Crippen LogP contribution in [0.25, 0.3) is 0 Å². The molecule has 0 aromatic rings. The van der Waals surface area contributed by atoms with Crippen LogP contribution in [0.3, 0.4) is 0 Å². The summed E-state index contributed by atoms with van der Waals surface area (Å²) >= 11 is 0. The van der Waals surface area contributed by atoms with Crippen LogP contribution in [0, 0.1) is 5.92 Å². The summed E-state index contributed by atoms with van der Waals surface area (Å²) in [5, 5.41) is 9.17. The van der Waals surface area contributed by atoms with Crippen molar-refractivity contribution in [2.24, 2.45) is 5.92 Å². The summed E-state index contributed by atoms with van der Waals surface area (Å²) in [6.07, 6.45) is 4.08. The van der Waals surface area contributed by atoms with Crippen LogP contribution >= 0.6 is 0 Å². The zero-order valence-electron chi connectivity index (χ0n) is 13.2. The lowest BCUT2D eigenvalue weighted by atomic mass is 9.98. The van der Waals surface area contributed by atoms with E-state index in [1.165, 1.54) is 0 Å². The molecular weight excluding hydrogens is 268 g/mol. The fourth-order valence-electron chi connectivity index (χ4n) is 3.03. The SMILES string of the molecule is CC(C)NC(=O)N1CCCC(CNC(=O)C2CCCN2)C1. The second-order valence-electron chi connectivity index (χ2n) is 6.45. The molecule has 0 radical (unpaired) electrons. The van der Waals surface area contributed by atoms with Gasteiger partial charge in [0, 0.05) is 25.7 Å². The molecule has 0 spiro atoms. The van der Waals surface area contributed by atoms with Gasteiger partial charge in [-0.05, 0) is 52.0 Å². The summed E-state index contributed by atoms with van der Waals surface area (Å²) in [4.78, 5) is 25.9. The Morgan fingerprint density at radius 2 is 2.10 bits per heavy atom. The normalized spacial score (nSPS) is 26.0. The fraction of sp³-hybridized carbons (Fsp3) is 0.867. The smallest absolute Gasteiger partial charge is 0.317 e. The molecule has 6 nitrogen and oxygen atoms in total. The average Bonchev–Trinajstić information content (AvgIpc) is 2.98. The van der Waals surface area contributed by atoms with Crippen LogP contribution in [-0.4, -0.2) is 55.1 Å². The van der Waals surface area contributed by atoms with Crippen LogP contribution in [0.15, 0.2) is 0 Å². The molecule has 2 saturated heterocycles. The Bertz CT molecular complexity index is 367. The van der Waals surface area contributed by atoms with Gasteiger partial charge in [0.2, 0.25) is 5.91 Å². The first-order valence-electron chi connectivity index (χ1n) is 8.13. The van der Waals surface area contributed by atoms with Crippen LogP contribution < -0.4 is 16.0 Å². The molecule has 0 bridgehead atoms. The number of urea groups is 1. The molecule has 6 heteroatoms. The predicted octanol–water partition coefficient (Wildman–Crippen LogP) is 0.685. The standard InChI is InChI=1S/C15H28N4O2/c1-11(2)18-15(21)19-8-4-5-12(10-19)9-17-14(20)13-6-3-7-16-13/h11-13,16H,3-10H2,1-2H3,(H,17,20)(H,18,21). The largest absolute Gasteiger partial charge is 0.354 e. The van der Waals surface area contributed by atoms with Gasteiger partial charge < -0.3 is 20.9 Å². The molecule has 2 unspecified atom stereocenters. The van der Waals surface area contributed by atoms with Crippen molar-refractivity contribution in [3.63, 3.8) is 0 Å². The Morgan fingerprint density at radius 3 is 2.76 bits per heavy atom. The van der Waals surface area contributed by atoms with Gasteiger partial charge in [0.05, 0.1) is 6.04 Å². The quantitative estimate of drug-likeness (QED) is 0.714. The van der Waals surface area contributed by atoms with Gasteiger partial charge in [-0.2, -0.15) is 0 Å². The molecule has 2 atom stereocenters. The molecule has 2 heterocycles. The molecule has 0 saturated carbocycles. The van der Waals surface area contributed by atoms with E-state index in [9.17, 15) is 9.59 Å². The molecule has 3 amide bonds. The maximum Gasteiger partial charge on any atom is 0.317 e. The van der Waals surface area contributed by atoms with Crippen LogP contribution in [0.2, 0.25) is 0 Å². The molecule has 2 aliphatic rings. The minimum absolute atomic E-state index is 0.0125. The Balaban J connectivity index is 1.73. The number of rotatable bonds is 4. The zero-order valence-corrected chi connectivity index (χ0v) is 13.2. The molecular formula is C15H28N4O2. The molecule has 2 fully saturated rings. The van der Waals surface area contributed by atoms with Crippen LogP contribution in [0.1, 0.15) is 39.5 Å². The van der Waals surface area contributed by atoms with E-state index in [0.717, 1.165) is 45.3 Å². The zero-order chi connectivity index (χ0) is 15.2. The second kappa shape index (κ2) is 7.64. The van der Waals surface area contributed by atoms with Gasteiger partial charge >= 0.3 is 6.03 Å². The third kappa shape index (κ3) is 4.88. The van der Waals surface area contributed by atoms with E-state index >= 15 is 0 Å². The summed E-state index contributed by atoms with van der Waals surface area (Å²) < 4.78 is 0. The summed E-state index contributed by atoms with van der Waals surface area (Å²) in [5.41, 5.74) is 0. The molecule has 2 aliphatic heterocycles. The van der Waals surface area contributed by atoms with E-state index in [-0.39, 0.29) is 24.0 Å². The maximum absolute atomic E-state index is 12.0. The highest BCUT2D eigenvalue weighted by molar-refractivity contribution is 5.82.